The number of morpholine rings is 1. The fourth-order valence-electron chi connectivity index (χ4n) is 4.35. The Kier molecular flexibility index (Phi) is 7.12. The van der Waals surface area contributed by atoms with Crippen LogP contribution in [-0.2, 0) is 19.3 Å². The van der Waals surface area contributed by atoms with Crippen molar-refractivity contribution in [3.8, 4) is 11.4 Å². The lowest BCUT2D eigenvalue weighted by molar-refractivity contribution is 0.0985. The SMILES string of the molecule is C[C@H]1COCCN1c1cc(C2(S(=O)(=O)c3nccs3)CC2)nc(-c2ccc(NC(=O)NCCO)cc2)n1. The average molecular weight is 545 g/mol. The van der Waals surface area contributed by atoms with E-state index in [4.69, 9.17) is 19.8 Å². The molecule has 0 bridgehead atoms. The molecule has 2 aliphatic rings. The fourth-order valence-corrected chi connectivity index (χ4v) is 7.41. The van der Waals surface area contributed by atoms with Crippen LogP contribution in [0.5, 0.6) is 0 Å². The molecule has 3 aromatic rings. The van der Waals surface area contributed by atoms with Gasteiger partial charge in [-0.1, -0.05) is 0 Å². The highest BCUT2D eigenvalue weighted by molar-refractivity contribution is 7.94. The zero-order valence-corrected chi connectivity index (χ0v) is 21.9. The number of anilines is 2. The van der Waals surface area contributed by atoms with E-state index in [0.29, 0.717) is 61.2 Å². The van der Waals surface area contributed by atoms with Crippen molar-refractivity contribution in [2.45, 2.75) is 34.9 Å². The van der Waals surface area contributed by atoms with E-state index in [1.165, 1.54) is 6.20 Å². The summed E-state index contributed by atoms with van der Waals surface area (Å²) in [7, 11) is -3.72. The van der Waals surface area contributed by atoms with Gasteiger partial charge in [-0.2, -0.15) is 0 Å². The van der Waals surface area contributed by atoms with Crippen molar-refractivity contribution >= 4 is 38.7 Å². The largest absolute Gasteiger partial charge is 0.395 e. The third-order valence-corrected chi connectivity index (χ3v) is 10.2. The summed E-state index contributed by atoms with van der Waals surface area (Å²) in [5, 5.41) is 15.7. The molecular weight excluding hydrogens is 516 g/mol. The number of nitrogens with one attached hydrogen (secondary N) is 2. The van der Waals surface area contributed by atoms with Gasteiger partial charge in [0.05, 0.1) is 31.6 Å². The summed E-state index contributed by atoms with van der Waals surface area (Å²) in [6.45, 7) is 3.79. The highest BCUT2D eigenvalue weighted by Gasteiger charge is 2.59. The van der Waals surface area contributed by atoms with E-state index in [1.807, 2.05) is 6.92 Å². The number of hydrogen-bond donors (Lipinski definition) is 3. The maximum absolute atomic E-state index is 13.6. The van der Waals surface area contributed by atoms with E-state index in [2.05, 4.69) is 20.5 Å². The van der Waals surface area contributed by atoms with Crippen molar-refractivity contribution in [3.05, 3.63) is 47.6 Å². The monoisotopic (exact) mass is 544 g/mol. The molecule has 2 fully saturated rings. The number of aromatic nitrogens is 3. The molecule has 196 valence electrons. The number of thiazole rings is 1. The molecule has 3 N–H and O–H groups in total. The molecule has 11 nitrogen and oxygen atoms in total. The number of hydrogen-bond acceptors (Lipinski definition) is 10. The van der Waals surface area contributed by atoms with Gasteiger partial charge in [-0.3, -0.25) is 0 Å². The molecule has 2 aromatic heterocycles. The molecule has 5 rings (SSSR count). The highest BCUT2D eigenvalue weighted by Crippen LogP contribution is 2.55. The quantitative estimate of drug-likeness (QED) is 0.389. The van der Waals surface area contributed by atoms with Gasteiger partial charge in [0.25, 0.3) is 0 Å². The molecule has 13 heteroatoms. The van der Waals surface area contributed by atoms with Crippen molar-refractivity contribution in [1.29, 1.82) is 0 Å². The number of amides is 2. The van der Waals surface area contributed by atoms with Crippen molar-refractivity contribution < 1.29 is 23.1 Å². The molecule has 1 aliphatic heterocycles. The van der Waals surface area contributed by atoms with E-state index in [1.54, 1.807) is 35.7 Å². The summed E-state index contributed by atoms with van der Waals surface area (Å²) in [5.74, 6) is 1.06. The molecule has 2 amide bonds. The molecule has 1 aliphatic carbocycles. The molecule has 0 radical (unpaired) electrons. The van der Waals surface area contributed by atoms with Gasteiger partial charge in [-0.15, -0.1) is 11.3 Å². The Morgan fingerprint density at radius 3 is 2.70 bits per heavy atom. The number of aliphatic hydroxyl groups excluding tert-OH is 1. The number of benzene rings is 1. The van der Waals surface area contributed by atoms with E-state index < -0.39 is 20.6 Å². The Balaban J connectivity index is 1.52. The van der Waals surface area contributed by atoms with E-state index in [9.17, 15) is 13.2 Å². The molecular formula is C24H28N6O5S2. The van der Waals surface area contributed by atoms with Crippen LogP contribution >= 0.6 is 11.3 Å². The normalized spacial score (nSPS) is 18.9. The standard InChI is InChI=1S/C24H28N6O5S2/c1-16-15-35-12-10-30(16)20-14-19(24(6-7-24)37(33,34)23-26-9-13-36-23)28-21(29-20)17-2-4-18(5-3-17)27-22(32)25-8-11-31/h2-5,9,13-14,16,31H,6-8,10-12,15H2,1H3,(H2,25,27,32)/t16-/m0/s1. The van der Waals surface area contributed by atoms with Crippen molar-refractivity contribution in [2.75, 3.05) is 43.1 Å². The molecule has 1 saturated heterocycles. The van der Waals surface area contributed by atoms with Crippen LogP contribution in [0.1, 0.15) is 25.5 Å². The summed E-state index contributed by atoms with van der Waals surface area (Å²) in [6.07, 6.45) is 2.43. The Morgan fingerprint density at radius 1 is 1.27 bits per heavy atom. The number of aliphatic hydroxyl groups is 1. The van der Waals surface area contributed by atoms with E-state index in [0.717, 1.165) is 11.3 Å². The number of sulfone groups is 1. The van der Waals surface area contributed by atoms with Crippen LogP contribution in [-0.4, -0.2) is 73.5 Å². The lowest BCUT2D eigenvalue weighted by Gasteiger charge is -2.34. The Labute approximate surface area is 218 Å². The number of rotatable bonds is 8. The summed E-state index contributed by atoms with van der Waals surface area (Å²) in [4.78, 5) is 27.7. The van der Waals surface area contributed by atoms with E-state index in [-0.39, 0.29) is 23.5 Å². The molecule has 0 spiro atoms. The van der Waals surface area contributed by atoms with Crippen LogP contribution in [0.25, 0.3) is 11.4 Å². The van der Waals surface area contributed by atoms with Gasteiger partial charge in [-0.05, 0) is 44.0 Å². The minimum Gasteiger partial charge on any atom is -0.395 e. The summed E-state index contributed by atoms with van der Waals surface area (Å²) in [6, 6.07) is 8.45. The first kappa shape index (κ1) is 25.5. The minimum absolute atomic E-state index is 0.0686. The third-order valence-electron chi connectivity index (χ3n) is 6.50. The van der Waals surface area contributed by atoms with Gasteiger partial charge < -0.3 is 25.4 Å². The van der Waals surface area contributed by atoms with Crippen molar-refractivity contribution in [1.82, 2.24) is 20.3 Å². The van der Waals surface area contributed by atoms with Crippen LogP contribution in [0.4, 0.5) is 16.3 Å². The molecule has 1 aromatic carbocycles. The smallest absolute Gasteiger partial charge is 0.319 e. The van der Waals surface area contributed by atoms with E-state index >= 15 is 0 Å². The molecule has 0 unspecified atom stereocenters. The maximum atomic E-state index is 13.6. The number of carbonyl (C=O) groups is 1. The second-order valence-electron chi connectivity index (χ2n) is 9.03. The van der Waals surface area contributed by atoms with Gasteiger partial charge in [0.2, 0.25) is 14.2 Å². The first-order chi connectivity index (χ1) is 17.8. The average Bonchev–Trinajstić information content (AvgIpc) is 3.54. The van der Waals surface area contributed by atoms with Gasteiger partial charge >= 0.3 is 6.03 Å². The van der Waals surface area contributed by atoms with Gasteiger partial charge in [-0.25, -0.2) is 28.2 Å². The Hall–Kier alpha value is -3.13. The maximum Gasteiger partial charge on any atom is 0.319 e. The van der Waals surface area contributed by atoms with Crippen molar-refractivity contribution in [3.63, 3.8) is 0 Å². The molecule has 1 saturated carbocycles. The topological polar surface area (TPSA) is 147 Å². The molecule has 1 atom stereocenters. The van der Waals surface area contributed by atoms with Crippen LogP contribution in [0.15, 0.2) is 46.2 Å². The first-order valence-electron chi connectivity index (χ1n) is 12.0. The third kappa shape index (κ3) is 5.04. The minimum atomic E-state index is -3.72. The zero-order chi connectivity index (χ0) is 26.0. The summed E-state index contributed by atoms with van der Waals surface area (Å²) in [5.41, 5.74) is 1.71. The van der Waals surface area contributed by atoms with Gasteiger partial charge in [0, 0.05) is 42.0 Å². The van der Waals surface area contributed by atoms with Gasteiger partial charge in [0.1, 0.15) is 10.6 Å². The first-order valence-corrected chi connectivity index (χ1v) is 14.3. The lowest BCUT2D eigenvalue weighted by Crippen LogP contribution is -2.44. The lowest BCUT2D eigenvalue weighted by atomic mass is 10.1. The number of urea groups is 1. The number of carbonyl (C=O) groups excluding carboxylic acids is 1. The fraction of sp³-hybridized carbons (Fsp3) is 0.417. The van der Waals surface area contributed by atoms with Crippen LogP contribution in [0.2, 0.25) is 0 Å². The predicted molar refractivity (Wildman–Crippen MR) is 139 cm³/mol. The van der Waals surface area contributed by atoms with Crippen molar-refractivity contribution in [2.24, 2.45) is 0 Å². The number of ether oxygens (including phenoxy) is 1. The predicted octanol–water partition coefficient (Wildman–Crippen LogP) is 2.40. The second kappa shape index (κ2) is 10.3. The Bertz CT molecular complexity index is 1360. The Morgan fingerprint density at radius 2 is 2.05 bits per heavy atom. The summed E-state index contributed by atoms with van der Waals surface area (Å²) < 4.78 is 31.7. The molecule has 3 heterocycles. The zero-order valence-electron chi connectivity index (χ0n) is 20.3. The molecule has 37 heavy (non-hydrogen) atoms. The van der Waals surface area contributed by atoms with Crippen LogP contribution < -0.4 is 15.5 Å². The highest BCUT2D eigenvalue weighted by atomic mass is 32.2. The van der Waals surface area contributed by atoms with Crippen LogP contribution in [0, 0.1) is 0 Å². The van der Waals surface area contributed by atoms with Crippen LogP contribution in [0.3, 0.4) is 0 Å². The number of nitrogens with zero attached hydrogens (tertiary/aromatic N) is 4. The summed E-state index contributed by atoms with van der Waals surface area (Å²) >= 11 is 1.11. The second-order valence-corrected chi connectivity index (χ2v) is 12.4. The van der Waals surface area contributed by atoms with Gasteiger partial charge in [0.15, 0.2) is 5.82 Å².